The molecule has 17 heavy (non-hydrogen) atoms. The highest BCUT2D eigenvalue weighted by Crippen LogP contribution is 2.08. The molecule has 0 aliphatic heterocycles. The van der Waals surface area contributed by atoms with E-state index in [1.165, 1.54) is 11.9 Å². The first-order valence-corrected chi connectivity index (χ1v) is 5.41. The Morgan fingerprint density at radius 2 is 2.12 bits per heavy atom. The molecule has 1 heterocycles. The molecule has 1 aromatic heterocycles. The van der Waals surface area contributed by atoms with Crippen molar-refractivity contribution in [3.8, 4) is 0 Å². The molecule has 0 radical (unpaired) electrons. The molecule has 0 fully saturated rings. The highest BCUT2D eigenvalue weighted by atomic mass is 16.4. The van der Waals surface area contributed by atoms with Crippen LogP contribution < -0.4 is 0 Å². The number of amides is 1. The van der Waals surface area contributed by atoms with Crippen molar-refractivity contribution in [2.75, 3.05) is 7.05 Å². The smallest absolute Gasteiger partial charge is 0.326 e. The quantitative estimate of drug-likeness (QED) is 0.856. The van der Waals surface area contributed by atoms with Gasteiger partial charge in [0.1, 0.15) is 11.7 Å². The van der Waals surface area contributed by atoms with Crippen LogP contribution in [0.25, 0.3) is 0 Å². The molecule has 0 saturated heterocycles. The molecule has 0 saturated carbocycles. The van der Waals surface area contributed by atoms with Gasteiger partial charge in [0, 0.05) is 12.7 Å². The van der Waals surface area contributed by atoms with Gasteiger partial charge in [-0.05, 0) is 25.5 Å². The van der Waals surface area contributed by atoms with Gasteiger partial charge in [-0.1, -0.05) is 13.0 Å². The van der Waals surface area contributed by atoms with Gasteiger partial charge in [0.2, 0.25) is 0 Å². The number of pyridine rings is 1. The number of carboxylic acids is 1. The van der Waals surface area contributed by atoms with Crippen LogP contribution in [0.3, 0.4) is 0 Å². The van der Waals surface area contributed by atoms with Crippen LogP contribution >= 0.6 is 0 Å². The molecule has 0 spiro atoms. The first-order chi connectivity index (χ1) is 7.97. The lowest BCUT2D eigenvalue weighted by atomic mass is 10.2. The summed E-state index contributed by atoms with van der Waals surface area (Å²) < 4.78 is 0. The van der Waals surface area contributed by atoms with E-state index in [0.717, 1.165) is 5.69 Å². The molecule has 92 valence electrons. The Hall–Kier alpha value is -1.91. The Morgan fingerprint density at radius 1 is 1.47 bits per heavy atom. The van der Waals surface area contributed by atoms with Gasteiger partial charge in [-0.2, -0.15) is 0 Å². The first kappa shape index (κ1) is 13.2. The summed E-state index contributed by atoms with van der Waals surface area (Å²) in [7, 11) is 1.48. The fourth-order valence-corrected chi connectivity index (χ4v) is 1.60. The summed E-state index contributed by atoms with van der Waals surface area (Å²) in [5.74, 6) is -1.38. The molecular formula is C12H16N2O3. The summed E-state index contributed by atoms with van der Waals surface area (Å²) in [6.07, 6.45) is 0.364. The lowest BCUT2D eigenvalue weighted by Gasteiger charge is -2.23. The number of hydrogen-bond donors (Lipinski definition) is 1. The molecule has 5 nitrogen and oxygen atoms in total. The third kappa shape index (κ3) is 3.03. The Morgan fingerprint density at radius 3 is 2.59 bits per heavy atom. The predicted octanol–water partition coefficient (Wildman–Crippen LogP) is 1.33. The molecule has 1 atom stereocenters. The lowest BCUT2D eigenvalue weighted by Crippen LogP contribution is -2.42. The summed E-state index contributed by atoms with van der Waals surface area (Å²) in [6, 6.07) is 4.28. The van der Waals surface area contributed by atoms with Crippen LogP contribution in [0.2, 0.25) is 0 Å². The first-order valence-electron chi connectivity index (χ1n) is 5.41. The van der Waals surface area contributed by atoms with Crippen molar-refractivity contribution in [1.82, 2.24) is 9.88 Å². The molecule has 0 aliphatic rings. The number of carbonyl (C=O) groups is 2. The van der Waals surface area contributed by atoms with Crippen LogP contribution in [0.15, 0.2) is 18.2 Å². The van der Waals surface area contributed by atoms with Gasteiger partial charge in [0.25, 0.3) is 5.91 Å². The van der Waals surface area contributed by atoms with Crippen molar-refractivity contribution in [1.29, 1.82) is 0 Å². The monoisotopic (exact) mass is 236 g/mol. The highest BCUT2D eigenvalue weighted by molar-refractivity contribution is 5.94. The van der Waals surface area contributed by atoms with E-state index in [4.69, 9.17) is 5.11 Å². The second-order valence-electron chi connectivity index (χ2n) is 3.84. The zero-order valence-corrected chi connectivity index (χ0v) is 10.2. The minimum Gasteiger partial charge on any atom is -0.480 e. The third-order valence-corrected chi connectivity index (χ3v) is 2.57. The summed E-state index contributed by atoms with van der Waals surface area (Å²) in [5.41, 5.74) is 1.000. The van der Waals surface area contributed by atoms with Gasteiger partial charge in [0.05, 0.1) is 0 Å². The average Bonchev–Trinajstić information content (AvgIpc) is 2.28. The van der Waals surface area contributed by atoms with Gasteiger partial charge in [0.15, 0.2) is 0 Å². The number of aromatic nitrogens is 1. The molecular weight excluding hydrogens is 220 g/mol. The molecule has 0 bridgehead atoms. The number of likely N-dealkylation sites (N-methyl/N-ethyl adjacent to an activating group) is 1. The molecule has 0 aliphatic carbocycles. The second-order valence-corrected chi connectivity index (χ2v) is 3.84. The third-order valence-electron chi connectivity index (χ3n) is 2.57. The van der Waals surface area contributed by atoms with Crippen molar-refractivity contribution < 1.29 is 14.7 Å². The van der Waals surface area contributed by atoms with Crippen molar-refractivity contribution in [3.05, 3.63) is 29.6 Å². The summed E-state index contributed by atoms with van der Waals surface area (Å²) in [4.78, 5) is 28.3. The number of aliphatic carboxylic acids is 1. The summed E-state index contributed by atoms with van der Waals surface area (Å²) >= 11 is 0. The Labute approximate surface area is 100 Å². The van der Waals surface area contributed by atoms with Crippen molar-refractivity contribution in [3.63, 3.8) is 0 Å². The maximum atomic E-state index is 12.0. The number of carbonyl (C=O) groups excluding carboxylic acids is 1. The van der Waals surface area contributed by atoms with Gasteiger partial charge in [-0.15, -0.1) is 0 Å². The van der Waals surface area contributed by atoms with Crippen LogP contribution in [-0.2, 0) is 4.79 Å². The minimum absolute atomic E-state index is 0.271. The largest absolute Gasteiger partial charge is 0.480 e. The number of aryl methyl sites for hydroxylation is 1. The Kier molecular flexibility index (Phi) is 4.20. The zero-order valence-electron chi connectivity index (χ0n) is 10.2. The SMILES string of the molecule is CCC(C(=O)O)N(C)C(=O)c1cccc(C)n1. The Balaban J connectivity index is 2.93. The predicted molar refractivity (Wildman–Crippen MR) is 62.8 cm³/mol. The molecule has 1 rings (SSSR count). The van der Waals surface area contributed by atoms with Crippen LogP contribution in [0, 0.1) is 6.92 Å². The van der Waals surface area contributed by atoms with E-state index < -0.39 is 12.0 Å². The van der Waals surface area contributed by atoms with E-state index in [1.807, 2.05) is 0 Å². The van der Waals surface area contributed by atoms with E-state index in [9.17, 15) is 9.59 Å². The highest BCUT2D eigenvalue weighted by Gasteiger charge is 2.26. The fourth-order valence-electron chi connectivity index (χ4n) is 1.60. The van der Waals surface area contributed by atoms with Crippen molar-refractivity contribution >= 4 is 11.9 Å². The fraction of sp³-hybridized carbons (Fsp3) is 0.417. The number of rotatable bonds is 4. The van der Waals surface area contributed by atoms with E-state index >= 15 is 0 Å². The number of carboxylic acid groups (broad SMARTS) is 1. The minimum atomic E-state index is -1.00. The van der Waals surface area contributed by atoms with Crippen LogP contribution in [0.1, 0.15) is 29.5 Å². The normalized spacial score (nSPS) is 11.9. The van der Waals surface area contributed by atoms with Crippen LogP contribution in [-0.4, -0.2) is 40.0 Å². The average molecular weight is 236 g/mol. The summed E-state index contributed by atoms with van der Waals surface area (Å²) in [5, 5.41) is 8.98. The Bertz CT molecular complexity index is 432. The molecule has 1 aromatic rings. The summed E-state index contributed by atoms with van der Waals surface area (Å²) in [6.45, 7) is 3.51. The lowest BCUT2D eigenvalue weighted by molar-refractivity contribution is -0.142. The molecule has 5 heteroatoms. The van der Waals surface area contributed by atoms with Crippen LogP contribution in [0.4, 0.5) is 0 Å². The van der Waals surface area contributed by atoms with Crippen molar-refractivity contribution in [2.45, 2.75) is 26.3 Å². The van der Waals surface area contributed by atoms with Crippen LogP contribution in [0.5, 0.6) is 0 Å². The topological polar surface area (TPSA) is 70.5 Å². The van der Waals surface area contributed by atoms with E-state index in [-0.39, 0.29) is 11.6 Å². The van der Waals surface area contributed by atoms with Gasteiger partial charge in [-0.3, -0.25) is 4.79 Å². The van der Waals surface area contributed by atoms with E-state index in [0.29, 0.717) is 6.42 Å². The van der Waals surface area contributed by atoms with E-state index in [1.54, 1.807) is 32.0 Å². The van der Waals surface area contributed by atoms with Gasteiger partial charge < -0.3 is 10.0 Å². The number of hydrogen-bond acceptors (Lipinski definition) is 3. The molecule has 0 aromatic carbocycles. The molecule has 1 amide bonds. The van der Waals surface area contributed by atoms with E-state index in [2.05, 4.69) is 4.98 Å². The molecule has 1 N–H and O–H groups in total. The van der Waals surface area contributed by atoms with Gasteiger partial charge >= 0.3 is 5.97 Å². The second kappa shape index (κ2) is 5.43. The van der Waals surface area contributed by atoms with Crippen molar-refractivity contribution in [2.24, 2.45) is 0 Å². The standard InChI is InChI=1S/C12H16N2O3/c1-4-10(12(16)17)14(3)11(15)9-7-5-6-8(2)13-9/h5-7,10H,4H2,1-3H3,(H,16,17). The maximum Gasteiger partial charge on any atom is 0.326 e. The number of nitrogens with zero attached hydrogens (tertiary/aromatic N) is 2. The van der Waals surface area contributed by atoms with Gasteiger partial charge in [-0.25, -0.2) is 9.78 Å². The zero-order chi connectivity index (χ0) is 13.0. The molecule has 1 unspecified atom stereocenters. The maximum absolute atomic E-state index is 12.0.